The van der Waals surface area contributed by atoms with Crippen molar-refractivity contribution in [3.8, 4) is 0 Å². The van der Waals surface area contributed by atoms with Crippen LogP contribution in [-0.2, 0) is 0 Å². The van der Waals surface area contributed by atoms with Crippen LogP contribution in [0, 0.1) is 0 Å². The third-order valence-electron chi connectivity index (χ3n) is 3.49. The molecular weight excluding hydrogens is 346 g/mol. The molecule has 2 heterocycles. The molecule has 1 aromatic heterocycles. The fraction of sp³-hybridized carbons (Fsp3) is 0.500. The molecule has 1 fully saturated rings. The van der Waals surface area contributed by atoms with Crippen LogP contribution in [0.1, 0.15) is 6.92 Å². The Hall–Kier alpha value is -1.05. The van der Waals surface area contributed by atoms with Gasteiger partial charge in [-0.25, -0.2) is 4.98 Å². The maximum absolute atomic E-state index is 8.72. The van der Waals surface area contributed by atoms with Crippen LogP contribution in [0.2, 0.25) is 5.02 Å². The quantitative estimate of drug-likeness (QED) is 0.371. The average molecular weight is 363 g/mol. The lowest BCUT2D eigenvalue weighted by Gasteiger charge is -2.38. The molecule has 0 aromatic carbocycles. The van der Waals surface area contributed by atoms with Crippen molar-refractivity contribution in [2.45, 2.75) is 13.0 Å². The lowest BCUT2D eigenvalue weighted by atomic mass is 10.2. The Bertz CT molecular complexity index is 505. The summed E-state index contributed by atoms with van der Waals surface area (Å²) in [6.07, 6.45) is 1.74. The van der Waals surface area contributed by atoms with Crippen LogP contribution in [0.25, 0.3) is 0 Å². The minimum absolute atomic E-state index is 0.0736. The number of amidine groups is 1. The smallest absolute Gasteiger partial charge is 0.156 e. The summed E-state index contributed by atoms with van der Waals surface area (Å²) in [7, 11) is 0. The molecule has 6 nitrogen and oxygen atoms in total. The number of oxime groups is 1. The highest BCUT2D eigenvalue weighted by Gasteiger charge is 2.25. The molecule has 0 saturated carbocycles. The van der Waals surface area contributed by atoms with E-state index in [2.05, 4.69) is 35.9 Å². The molecule has 1 aliphatic rings. The SMILES string of the molecule is CC(C(N)=NO)N1CCN(c2ncc(Br)cc2Cl)CC1. The summed E-state index contributed by atoms with van der Waals surface area (Å²) in [6.45, 7) is 5.15. The van der Waals surface area contributed by atoms with Crippen molar-refractivity contribution in [2.24, 2.45) is 10.9 Å². The van der Waals surface area contributed by atoms with Crippen molar-refractivity contribution >= 4 is 39.2 Å². The number of hydrogen-bond acceptors (Lipinski definition) is 5. The number of hydrogen-bond donors (Lipinski definition) is 2. The number of piperazine rings is 1. The van der Waals surface area contributed by atoms with Crippen molar-refractivity contribution in [3.05, 3.63) is 21.8 Å². The highest BCUT2D eigenvalue weighted by atomic mass is 79.9. The predicted molar refractivity (Wildman–Crippen MR) is 83.6 cm³/mol. The van der Waals surface area contributed by atoms with Crippen LogP contribution < -0.4 is 10.6 Å². The van der Waals surface area contributed by atoms with Crippen LogP contribution in [-0.4, -0.2) is 53.1 Å². The average Bonchev–Trinajstić information content (AvgIpc) is 2.46. The molecule has 1 aliphatic heterocycles. The van der Waals surface area contributed by atoms with Crippen LogP contribution in [0.15, 0.2) is 21.9 Å². The van der Waals surface area contributed by atoms with Gasteiger partial charge in [-0.15, -0.1) is 0 Å². The summed E-state index contributed by atoms with van der Waals surface area (Å²) >= 11 is 9.56. The van der Waals surface area contributed by atoms with E-state index in [1.807, 2.05) is 13.0 Å². The number of nitrogens with zero attached hydrogens (tertiary/aromatic N) is 4. The Kier molecular flexibility index (Phi) is 5.06. The Morgan fingerprint density at radius 1 is 1.50 bits per heavy atom. The molecule has 20 heavy (non-hydrogen) atoms. The standard InChI is InChI=1S/C12H17BrClN5O/c1-8(11(15)17-20)18-2-4-19(5-3-18)12-10(14)6-9(13)7-16-12/h6-8,20H,2-5H2,1H3,(H2,15,17). The first-order chi connectivity index (χ1) is 9.52. The van der Waals surface area contributed by atoms with Gasteiger partial charge in [-0.05, 0) is 28.9 Å². The summed E-state index contributed by atoms with van der Waals surface area (Å²) in [5.74, 6) is 1.03. The van der Waals surface area contributed by atoms with Crippen molar-refractivity contribution in [1.82, 2.24) is 9.88 Å². The van der Waals surface area contributed by atoms with Gasteiger partial charge in [0.15, 0.2) is 5.84 Å². The monoisotopic (exact) mass is 361 g/mol. The van der Waals surface area contributed by atoms with Gasteiger partial charge in [0.2, 0.25) is 0 Å². The van der Waals surface area contributed by atoms with Gasteiger partial charge in [-0.1, -0.05) is 16.8 Å². The fourth-order valence-electron chi connectivity index (χ4n) is 2.23. The molecule has 3 N–H and O–H groups in total. The molecular formula is C12H17BrClN5O. The van der Waals surface area contributed by atoms with Gasteiger partial charge in [0.1, 0.15) is 5.82 Å². The first-order valence-electron chi connectivity index (χ1n) is 6.30. The maximum Gasteiger partial charge on any atom is 0.156 e. The Labute approximate surface area is 131 Å². The molecule has 1 aromatic rings. The van der Waals surface area contributed by atoms with Gasteiger partial charge in [0.25, 0.3) is 0 Å². The van der Waals surface area contributed by atoms with E-state index in [1.165, 1.54) is 0 Å². The Morgan fingerprint density at radius 2 is 2.15 bits per heavy atom. The maximum atomic E-state index is 8.72. The van der Waals surface area contributed by atoms with Gasteiger partial charge < -0.3 is 15.8 Å². The van der Waals surface area contributed by atoms with Crippen molar-refractivity contribution in [2.75, 3.05) is 31.1 Å². The topological polar surface area (TPSA) is 78.0 Å². The first-order valence-corrected chi connectivity index (χ1v) is 7.47. The van der Waals surface area contributed by atoms with Gasteiger partial charge in [-0.2, -0.15) is 0 Å². The molecule has 2 rings (SSSR count). The Morgan fingerprint density at radius 3 is 2.70 bits per heavy atom. The summed E-state index contributed by atoms with van der Waals surface area (Å²) in [6, 6.07) is 1.77. The predicted octanol–water partition coefficient (Wildman–Crippen LogP) is 1.75. The molecule has 8 heteroatoms. The first kappa shape index (κ1) is 15.3. The van der Waals surface area contributed by atoms with E-state index in [1.54, 1.807) is 6.20 Å². The molecule has 1 atom stereocenters. The molecule has 0 bridgehead atoms. The second-order valence-electron chi connectivity index (χ2n) is 4.68. The zero-order valence-electron chi connectivity index (χ0n) is 11.1. The van der Waals surface area contributed by atoms with E-state index in [4.69, 9.17) is 22.5 Å². The number of nitrogens with two attached hydrogens (primary N) is 1. The van der Waals surface area contributed by atoms with Gasteiger partial charge in [0.05, 0.1) is 11.1 Å². The van der Waals surface area contributed by atoms with Gasteiger partial charge in [-0.3, -0.25) is 4.90 Å². The van der Waals surface area contributed by atoms with Crippen LogP contribution in [0.4, 0.5) is 5.82 Å². The molecule has 0 aliphatic carbocycles. The third kappa shape index (κ3) is 3.34. The summed E-state index contributed by atoms with van der Waals surface area (Å²) < 4.78 is 0.866. The second-order valence-corrected chi connectivity index (χ2v) is 6.01. The third-order valence-corrected chi connectivity index (χ3v) is 4.21. The molecule has 1 unspecified atom stereocenters. The highest BCUT2D eigenvalue weighted by Crippen LogP contribution is 2.27. The minimum atomic E-state index is -0.0736. The molecule has 0 radical (unpaired) electrons. The van der Waals surface area contributed by atoms with Crippen LogP contribution in [0.3, 0.4) is 0 Å². The van der Waals surface area contributed by atoms with E-state index in [-0.39, 0.29) is 11.9 Å². The number of aromatic nitrogens is 1. The zero-order valence-corrected chi connectivity index (χ0v) is 13.5. The van der Waals surface area contributed by atoms with Gasteiger partial charge >= 0.3 is 0 Å². The van der Waals surface area contributed by atoms with E-state index in [9.17, 15) is 0 Å². The molecule has 0 spiro atoms. The molecule has 0 amide bonds. The number of halogens is 2. The summed E-state index contributed by atoms with van der Waals surface area (Å²) in [5.41, 5.74) is 5.64. The van der Waals surface area contributed by atoms with E-state index < -0.39 is 0 Å². The van der Waals surface area contributed by atoms with Crippen LogP contribution in [0.5, 0.6) is 0 Å². The highest BCUT2D eigenvalue weighted by molar-refractivity contribution is 9.10. The minimum Gasteiger partial charge on any atom is -0.409 e. The Balaban J connectivity index is 2.01. The molecule has 110 valence electrons. The fourth-order valence-corrected chi connectivity index (χ4v) is 2.98. The zero-order chi connectivity index (χ0) is 14.7. The van der Waals surface area contributed by atoms with Crippen molar-refractivity contribution in [3.63, 3.8) is 0 Å². The summed E-state index contributed by atoms with van der Waals surface area (Å²) in [5, 5.41) is 12.4. The van der Waals surface area contributed by atoms with Crippen molar-refractivity contribution < 1.29 is 5.21 Å². The van der Waals surface area contributed by atoms with E-state index >= 15 is 0 Å². The number of anilines is 1. The lowest BCUT2D eigenvalue weighted by molar-refractivity contribution is 0.230. The normalized spacial score (nSPS) is 19.1. The van der Waals surface area contributed by atoms with E-state index in [0.717, 1.165) is 36.5 Å². The van der Waals surface area contributed by atoms with Crippen molar-refractivity contribution in [1.29, 1.82) is 0 Å². The number of pyridine rings is 1. The van der Waals surface area contributed by atoms with Crippen LogP contribution >= 0.6 is 27.5 Å². The summed E-state index contributed by atoms with van der Waals surface area (Å²) in [4.78, 5) is 8.67. The molecule has 1 saturated heterocycles. The van der Waals surface area contributed by atoms with E-state index in [0.29, 0.717) is 5.02 Å². The number of rotatable bonds is 3. The second kappa shape index (κ2) is 6.60. The van der Waals surface area contributed by atoms with Gasteiger partial charge in [0, 0.05) is 36.8 Å². The lowest BCUT2D eigenvalue weighted by Crippen LogP contribution is -2.53. The largest absolute Gasteiger partial charge is 0.409 e.